The van der Waals surface area contributed by atoms with Crippen molar-refractivity contribution in [3.05, 3.63) is 106 Å². The summed E-state index contributed by atoms with van der Waals surface area (Å²) in [7, 11) is 1.66. The molecule has 0 unspecified atom stereocenters. The number of hydrogen-bond donors (Lipinski definition) is 2. The smallest absolute Gasteiger partial charge is 0.293 e. The highest BCUT2D eigenvalue weighted by molar-refractivity contribution is 6.06. The standard InChI is InChI=1S/C36H39N5O4/c1-23-28(10-9-11-29(23)39-33(43)25-14-12-24(13-15-25)31(42)36(2,3)4)30-22-40(5)35(45)32(38-30)37-27-18-16-26(17-19-27)34(44)41-20-7-6-8-21-41/h9-19,22H,6-8,20-21H2,1-5H3,(H,37,38)(H,39,43). The van der Waals surface area contributed by atoms with E-state index in [9.17, 15) is 19.2 Å². The largest absolute Gasteiger partial charge is 0.339 e. The maximum Gasteiger partial charge on any atom is 0.293 e. The summed E-state index contributed by atoms with van der Waals surface area (Å²) in [4.78, 5) is 58.1. The molecule has 4 aromatic rings. The van der Waals surface area contributed by atoms with Crippen molar-refractivity contribution in [1.82, 2.24) is 14.5 Å². The number of benzene rings is 3. The van der Waals surface area contributed by atoms with Crippen LogP contribution in [0.1, 0.15) is 76.7 Å². The van der Waals surface area contributed by atoms with E-state index < -0.39 is 5.41 Å². The summed E-state index contributed by atoms with van der Waals surface area (Å²) in [5.41, 5.74) is 4.11. The highest BCUT2D eigenvalue weighted by Crippen LogP contribution is 2.29. The van der Waals surface area contributed by atoms with Crippen LogP contribution >= 0.6 is 0 Å². The Labute approximate surface area is 263 Å². The van der Waals surface area contributed by atoms with E-state index in [1.165, 1.54) is 4.57 Å². The number of nitrogens with zero attached hydrogens (tertiary/aromatic N) is 3. The Kier molecular flexibility index (Phi) is 8.99. The molecule has 3 aromatic carbocycles. The molecule has 0 atom stereocenters. The van der Waals surface area contributed by atoms with Crippen LogP contribution in [0.5, 0.6) is 0 Å². The van der Waals surface area contributed by atoms with Crippen LogP contribution in [-0.2, 0) is 7.05 Å². The zero-order valence-electron chi connectivity index (χ0n) is 26.4. The predicted octanol–water partition coefficient (Wildman–Crippen LogP) is 6.61. The Balaban J connectivity index is 1.34. The van der Waals surface area contributed by atoms with Gasteiger partial charge in [0.05, 0.1) is 5.69 Å². The van der Waals surface area contributed by atoms with Crippen LogP contribution in [0.3, 0.4) is 0 Å². The summed E-state index contributed by atoms with van der Waals surface area (Å²) in [5, 5.41) is 6.08. The van der Waals surface area contributed by atoms with Crippen molar-refractivity contribution >= 4 is 34.8 Å². The fourth-order valence-electron chi connectivity index (χ4n) is 5.38. The van der Waals surface area contributed by atoms with Crippen molar-refractivity contribution in [2.75, 3.05) is 23.7 Å². The molecule has 0 aliphatic carbocycles. The molecule has 1 aliphatic rings. The lowest BCUT2D eigenvalue weighted by Crippen LogP contribution is -2.35. The predicted molar refractivity (Wildman–Crippen MR) is 177 cm³/mol. The molecule has 1 fully saturated rings. The minimum Gasteiger partial charge on any atom is -0.339 e. The number of hydrogen-bond acceptors (Lipinski definition) is 6. The lowest BCUT2D eigenvalue weighted by molar-refractivity contribution is 0.0724. The van der Waals surface area contributed by atoms with Crippen LogP contribution in [0.4, 0.5) is 17.2 Å². The lowest BCUT2D eigenvalue weighted by Gasteiger charge is -2.26. The number of likely N-dealkylation sites (tertiary alicyclic amines) is 1. The summed E-state index contributed by atoms with van der Waals surface area (Å²) >= 11 is 0. The molecule has 1 aromatic heterocycles. The van der Waals surface area contributed by atoms with Crippen molar-refractivity contribution in [1.29, 1.82) is 0 Å². The number of ketones is 1. The van der Waals surface area contributed by atoms with E-state index in [0.29, 0.717) is 33.8 Å². The van der Waals surface area contributed by atoms with Gasteiger partial charge in [0, 0.05) is 65.4 Å². The highest BCUT2D eigenvalue weighted by Gasteiger charge is 2.23. The van der Waals surface area contributed by atoms with Gasteiger partial charge >= 0.3 is 0 Å². The van der Waals surface area contributed by atoms with Crippen molar-refractivity contribution in [2.45, 2.75) is 47.0 Å². The first kappa shape index (κ1) is 31.4. The van der Waals surface area contributed by atoms with Gasteiger partial charge in [0.1, 0.15) is 0 Å². The third-order valence-electron chi connectivity index (χ3n) is 8.06. The zero-order valence-corrected chi connectivity index (χ0v) is 26.4. The van der Waals surface area contributed by atoms with Gasteiger partial charge in [-0.15, -0.1) is 0 Å². The van der Waals surface area contributed by atoms with Crippen molar-refractivity contribution in [3.8, 4) is 11.3 Å². The second kappa shape index (κ2) is 12.9. The van der Waals surface area contributed by atoms with Gasteiger partial charge in [-0.1, -0.05) is 45.0 Å². The number of Topliss-reactive ketones (excluding diaryl/α,β-unsaturated/α-hetero) is 1. The van der Waals surface area contributed by atoms with Crippen molar-refractivity contribution in [3.63, 3.8) is 0 Å². The van der Waals surface area contributed by atoms with Crippen LogP contribution in [0, 0.1) is 12.3 Å². The van der Waals surface area contributed by atoms with Gasteiger partial charge in [0.25, 0.3) is 17.4 Å². The topological polar surface area (TPSA) is 113 Å². The van der Waals surface area contributed by atoms with Crippen molar-refractivity contribution in [2.24, 2.45) is 12.5 Å². The molecule has 0 radical (unpaired) electrons. The first-order valence-electron chi connectivity index (χ1n) is 15.2. The summed E-state index contributed by atoms with van der Waals surface area (Å²) in [6.07, 6.45) is 4.87. The van der Waals surface area contributed by atoms with Crippen molar-refractivity contribution < 1.29 is 14.4 Å². The summed E-state index contributed by atoms with van der Waals surface area (Å²) in [6.45, 7) is 9.03. The fraction of sp³-hybridized carbons (Fsp3) is 0.306. The summed E-state index contributed by atoms with van der Waals surface area (Å²) in [6, 6.07) is 19.2. The summed E-state index contributed by atoms with van der Waals surface area (Å²) < 4.78 is 1.46. The monoisotopic (exact) mass is 605 g/mol. The van der Waals surface area contributed by atoms with E-state index in [2.05, 4.69) is 15.6 Å². The normalized spacial score (nSPS) is 13.3. The zero-order chi connectivity index (χ0) is 32.3. The molecule has 2 amide bonds. The van der Waals surface area contributed by atoms with E-state index in [0.717, 1.165) is 43.5 Å². The van der Waals surface area contributed by atoms with Crippen LogP contribution in [0.2, 0.25) is 0 Å². The fourth-order valence-corrected chi connectivity index (χ4v) is 5.38. The van der Waals surface area contributed by atoms with Gasteiger partial charge in [-0.2, -0.15) is 0 Å². The number of aromatic nitrogens is 2. The minimum atomic E-state index is -0.511. The average molecular weight is 606 g/mol. The van der Waals surface area contributed by atoms with E-state index in [1.54, 1.807) is 61.8 Å². The Morgan fingerprint density at radius 3 is 2.09 bits per heavy atom. The number of carbonyl (C=O) groups excluding carboxylic acids is 3. The molecule has 2 heterocycles. The van der Waals surface area contributed by atoms with Gasteiger partial charge in [-0.3, -0.25) is 19.2 Å². The molecule has 1 aliphatic heterocycles. The quantitative estimate of drug-likeness (QED) is 0.229. The molecule has 1 saturated heterocycles. The molecule has 232 valence electrons. The molecule has 0 saturated carbocycles. The number of anilines is 3. The van der Waals surface area contributed by atoms with E-state index >= 15 is 0 Å². The highest BCUT2D eigenvalue weighted by atomic mass is 16.2. The maximum atomic E-state index is 13.1. The van der Waals surface area contributed by atoms with Crippen LogP contribution in [0.15, 0.2) is 77.7 Å². The Morgan fingerprint density at radius 2 is 1.44 bits per heavy atom. The van der Waals surface area contributed by atoms with Crippen LogP contribution in [0.25, 0.3) is 11.3 Å². The minimum absolute atomic E-state index is 0.0107. The maximum absolute atomic E-state index is 13.1. The van der Waals surface area contributed by atoms with E-state index in [1.807, 2.05) is 50.8 Å². The first-order valence-corrected chi connectivity index (χ1v) is 15.2. The second-order valence-electron chi connectivity index (χ2n) is 12.5. The number of amides is 2. The average Bonchev–Trinajstić information content (AvgIpc) is 3.04. The molecular weight excluding hydrogens is 566 g/mol. The number of rotatable bonds is 7. The Hall–Kier alpha value is -5.05. The number of piperidine rings is 1. The molecule has 0 bridgehead atoms. The number of nitrogens with one attached hydrogen (secondary N) is 2. The van der Waals surface area contributed by atoms with Crippen LogP contribution in [-0.4, -0.2) is 45.1 Å². The van der Waals surface area contributed by atoms with E-state index in [4.69, 9.17) is 0 Å². The van der Waals surface area contributed by atoms with Gasteiger partial charge in [0.15, 0.2) is 11.6 Å². The van der Waals surface area contributed by atoms with Gasteiger partial charge in [0.2, 0.25) is 0 Å². The Bertz CT molecular complexity index is 1800. The third-order valence-corrected chi connectivity index (χ3v) is 8.06. The van der Waals surface area contributed by atoms with Gasteiger partial charge in [-0.25, -0.2) is 4.98 Å². The number of aryl methyl sites for hydroxylation is 1. The second-order valence-corrected chi connectivity index (χ2v) is 12.5. The molecule has 45 heavy (non-hydrogen) atoms. The SMILES string of the molecule is Cc1c(NC(=O)c2ccc(C(=O)C(C)(C)C)cc2)cccc1-c1cn(C)c(=O)c(Nc2ccc(C(=O)N3CCCCC3)cc2)n1. The molecular formula is C36H39N5O4. The molecule has 0 spiro atoms. The molecule has 9 nitrogen and oxygen atoms in total. The molecule has 9 heteroatoms. The molecule has 5 rings (SSSR count). The van der Waals surface area contributed by atoms with Gasteiger partial charge < -0.3 is 20.1 Å². The first-order chi connectivity index (χ1) is 21.4. The third kappa shape index (κ3) is 7.03. The Morgan fingerprint density at radius 1 is 0.822 bits per heavy atom. The lowest BCUT2D eigenvalue weighted by atomic mass is 9.86. The van der Waals surface area contributed by atoms with Crippen LogP contribution < -0.4 is 16.2 Å². The molecule has 2 N–H and O–H groups in total. The number of carbonyl (C=O) groups is 3. The van der Waals surface area contributed by atoms with E-state index in [-0.39, 0.29) is 29.0 Å². The van der Waals surface area contributed by atoms with Gasteiger partial charge in [-0.05, 0) is 74.2 Å². The summed E-state index contributed by atoms with van der Waals surface area (Å²) in [5.74, 6) is -0.129.